The van der Waals surface area contributed by atoms with E-state index >= 15 is 0 Å². The van der Waals surface area contributed by atoms with Gasteiger partial charge in [0.15, 0.2) is 0 Å². The molecule has 0 unspecified atom stereocenters. The first-order valence-electron chi connectivity index (χ1n) is 3.34. The Morgan fingerprint density at radius 2 is 2.18 bits per heavy atom. The second kappa shape index (κ2) is 4.05. The van der Waals surface area contributed by atoms with Crippen molar-refractivity contribution in [1.29, 1.82) is 0 Å². The van der Waals surface area contributed by atoms with E-state index < -0.39 is 0 Å². The molecule has 0 fully saturated rings. The molecule has 0 aliphatic rings. The summed E-state index contributed by atoms with van der Waals surface area (Å²) in [6.45, 7) is 0.392. The van der Waals surface area contributed by atoms with Crippen molar-refractivity contribution in [2.75, 3.05) is 7.11 Å². The summed E-state index contributed by atoms with van der Waals surface area (Å²) in [4.78, 5) is 4.58. The monoisotopic (exact) mass is 155 g/mol. The predicted molar refractivity (Wildman–Crippen MR) is 40.2 cm³/mol. The van der Waals surface area contributed by atoms with Crippen molar-refractivity contribution in [3.05, 3.63) is 35.6 Å². The molecule has 11 heavy (non-hydrogen) atoms. The molecule has 1 aromatic carbocycles. The fourth-order valence-corrected chi connectivity index (χ4v) is 0.792. The second-order valence-electron chi connectivity index (χ2n) is 2.12. The van der Waals surface area contributed by atoms with E-state index in [0.29, 0.717) is 12.1 Å². The Bertz CT molecular complexity index is 227. The van der Waals surface area contributed by atoms with Gasteiger partial charge in [0.05, 0.1) is 7.11 Å². The Labute approximate surface area is 64.9 Å². The highest BCUT2D eigenvalue weighted by atomic mass is 19.1. The van der Waals surface area contributed by atoms with Gasteiger partial charge in [0.1, 0.15) is 5.82 Å². The molecule has 0 saturated carbocycles. The van der Waals surface area contributed by atoms with Crippen LogP contribution in [0.5, 0.6) is 0 Å². The third-order valence-electron chi connectivity index (χ3n) is 1.36. The van der Waals surface area contributed by atoms with E-state index in [1.54, 1.807) is 18.2 Å². The number of halogens is 1. The number of hydrogen-bond donors (Lipinski definition) is 1. The average Bonchev–Trinajstić information content (AvgIpc) is 2.03. The highest BCUT2D eigenvalue weighted by molar-refractivity contribution is 5.16. The van der Waals surface area contributed by atoms with Gasteiger partial charge in [0.2, 0.25) is 0 Å². The van der Waals surface area contributed by atoms with Crippen molar-refractivity contribution in [3.63, 3.8) is 0 Å². The van der Waals surface area contributed by atoms with E-state index in [1.165, 1.54) is 13.2 Å². The molecule has 0 saturated heterocycles. The maximum Gasteiger partial charge on any atom is 0.127 e. The van der Waals surface area contributed by atoms with Gasteiger partial charge in [-0.25, -0.2) is 4.39 Å². The van der Waals surface area contributed by atoms with Gasteiger partial charge in [-0.3, -0.25) is 0 Å². The summed E-state index contributed by atoms with van der Waals surface area (Å²) in [6, 6.07) is 6.58. The van der Waals surface area contributed by atoms with E-state index in [-0.39, 0.29) is 5.82 Å². The molecule has 0 aliphatic carbocycles. The average molecular weight is 155 g/mol. The lowest BCUT2D eigenvalue weighted by atomic mass is 10.2. The van der Waals surface area contributed by atoms with Crippen LogP contribution in [-0.4, -0.2) is 7.11 Å². The molecular weight excluding hydrogens is 145 g/mol. The van der Waals surface area contributed by atoms with E-state index in [9.17, 15) is 4.39 Å². The molecule has 0 bridgehead atoms. The summed E-state index contributed by atoms with van der Waals surface area (Å²) >= 11 is 0. The van der Waals surface area contributed by atoms with Crippen molar-refractivity contribution >= 4 is 0 Å². The van der Waals surface area contributed by atoms with Crippen LogP contribution in [0, 0.1) is 5.82 Å². The molecule has 1 rings (SSSR count). The zero-order valence-corrected chi connectivity index (χ0v) is 6.30. The minimum atomic E-state index is -0.211. The number of nitrogens with one attached hydrogen (secondary N) is 1. The molecule has 0 aromatic heterocycles. The van der Waals surface area contributed by atoms with Crippen LogP contribution in [0.15, 0.2) is 24.3 Å². The molecule has 60 valence electrons. The minimum absolute atomic E-state index is 0.211. The van der Waals surface area contributed by atoms with Crippen LogP contribution in [0.1, 0.15) is 5.56 Å². The molecular formula is C8H10FNO. The van der Waals surface area contributed by atoms with E-state index in [0.717, 1.165) is 0 Å². The third kappa shape index (κ3) is 2.29. The lowest BCUT2D eigenvalue weighted by molar-refractivity contribution is 0.0859. The van der Waals surface area contributed by atoms with E-state index in [1.807, 2.05) is 0 Å². The van der Waals surface area contributed by atoms with Crippen LogP contribution in [0.3, 0.4) is 0 Å². The maximum absolute atomic E-state index is 12.8. The Kier molecular flexibility index (Phi) is 3.01. The van der Waals surface area contributed by atoms with Gasteiger partial charge >= 0.3 is 0 Å². The number of benzene rings is 1. The Balaban J connectivity index is 2.62. The van der Waals surface area contributed by atoms with Gasteiger partial charge in [0.25, 0.3) is 0 Å². The maximum atomic E-state index is 12.8. The molecule has 1 aromatic rings. The van der Waals surface area contributed by atoms with Crippen molar-refractivity contribution in [3.8, 4) is 0 Å². The molecule has 0 amide bonds. The molecule has 0 spiro atoms. The standard InChI is InChI=1S/C8H10FNO/c1-11-10-6-7-4-2-3-5-8(7)9/h2-5,10H,6H2,1H3. The predicted octanol–water partition coefficient (Wildman–Crippen LogP) is 1.48. The van der Waals surface area contributed by atoms with Gasteiger partial charge in [-0.05, 0) is 6.07 Å². The van der Waals surface area contributed by atoms with Crippen molar-refractivity contribution < 1.29 is 9.23 Å². The molecule has 0 atom stereocenters. The largest absolute Gasteiger partial charge is 0.305 e. The summed E-state index contributed by atoms with van der Waals surface area (Å²) < 4.78 is 12.8. The number of hydroxylamine groups is 1. The van der Waals surface area contributed by atoms with Crippen LogP contribution in [-0.2, 0) is 11.4 Å². The van der Waals surface area contributed by atoms with Crippen LogP contribution in [0.2, 0.25) is 0 Å². The summed E-state index contributed by atoms with van der Waals surface area (Å²) in [5, 5.41) is 0. The Hall–Kier alpha value is -0.930. The number of rotatable bonds is 3. The summed E-state index contributed by atoms with van der Waals surface area (Å²) in [6.07, 6.45) is 0. The van der Waals surface area contributed by atoms with Gasteiger partial charge < -0.3 is 4.84 Å². The van der Waals surface area contributed by atoms with Gasteiger partial charge in [-0.2, -0.15) is 5.48 Å². The zero-order chi connectivity index (χ0) is 8.10. The molecule has 0 aliphatic heterocycles. The molecule has 0 radical (unpaired) electrons. The first-order chi connectivity index (χ1) is 5.34. The summed E-state index contributed by atoms with van der Waals surface area (Å²) in [7, 11) is 1.50. The fourth-order valence-electron chi connectivity index (χ4n) is 0.792. The molecule has 0 heterocycles. The highest BCUT2D eigenvalue weighted by Gasteiger charge is 1.97. The minimum Gasteiger partial charge on any atom is -0.305 e. The second-order valence-corrected chi connectivity index (χ2v) is 2.12. The van der Waals surface area contributed by atoms with Crippen LogP contribution in [0.4, 0.5) is 4.39 Å². The summed E-state index contributed by atoms with van der Waals surface area (Å²) in [5.74, 6) is -0.211. The van der Waals surface area contributed by atoms with Gasteiger partial charge in [0, 0.05) is 12.1 Å². The number of hydrogen-bond acceptors (Lipinski definition) is 2. The van der Waals surface area contributed by atoms with Crippen molar-refractivity contribution in [2.24, 2.45) is 0 Å². The normalized spacial score (nSPS) is 10.0. The smallest absolute Gasteiger partial charge is 0.127 e. The van der Waals surface area contributed by atoms with Crippen molar-refractivity contribution in [1.82, 2.24) is 5.48 Å². The molecule has 3 heteroatoms. The van der Waals surface area contributed by atoms with Gasteiger partial charge in [-0.15, -0.1) is 0 Å². The highest BCUT2D eigenvalue weighted by Crippen LogP contribution is 2.04. The van der Waals surface area contributed by atoms with E-state index in [2.05, 4.69) is 10.3 Å². The molecule has 2 nitrogen and oxygen atoms in total. The Morgan fingerprint density at radius 1 is 1.45 bits per heavy atom. The third-order valence-corrected chi connectivity index (χ3v) is 1.36. The van der Waals surface area contributed by atoms with E-state index in [4.69, 9.17) is 0 Å². The quantitative estimate of drug-likeness (QED) is 0.667. The van der Waals surface area contributed by atoms with Crippen LogP contribution < -0.4 is 5.48 Å². The first-order valence-corrected chi connectivity index (χ1v) is 3.34. The van der Waals surface area contributed by atoms with Gasteiger partial charge in [-0.1, -0.05) is 18.2 Å². The lowest BCUT2D eigenvalue weighted by Crippen LogP contribution is -2.11. The lowest BCUT2D eigenvalue weighted by Gasteiger charge is -2.01. The van der Waals surface area contributed by atoms with Crippen molar-refractivity contribution in [2.45, 2.75) is 6.54 Å². The first kappa shape index (κ1) is 8.17. The Morgan fingerprint density at radius 3 is 2.82 bits per heavy atom. The topological polar surface area (TPSA) is 21.3 Å². The van der Waals surface area contributed by atoms with Crippen LogP contribution in [0.25, 0.3) is 0 Å². The van der Waals surface area contributed by atoms with Crippen LogP contribution >= 0.6 is 0 Å². The SMILES string of the molecule is CONCc1ccccc1F. The zero-order valence-electron chi connectivity index (χ0n) is 6.30. The molecule has 1 N–H and O–H groups in total. The fraction of sp³-hybridized carbons (Fsp3) is 0.250. The summed E-state index contributed by atoms with van der Waals surface area (Å²) in [5.41, 5.74) is 3.17.